The smallest absolute Gasteiger partial charge is 0.324 e. The molecule has 7 heteroatoms. The van der Waals surface area contributed by atoms with E-state index < -0.39 is 4.92 Å². The molecule has 1 N–H and O–H groups in total. The number of carbonyl (C=O) groups is 1. The molecule has 6 nitrogen and oxygen atoms in total. The average Bonchev–Trinajstić information content (AvgIpc) is 2.98. The van der Waals surface area contributed by atoms with Gasteiger partial charge in [0.15, 0.2) is 0 Å². The lowest BCUT2D eigenvalue weighted by atomic mass is 10.1. The molecule has 1 heterocycles. The zero-order chi connectivity index (χ0) is 15.9. The summed E-state index contributed by atoms with van der Waals surface area (Å²) in [6.45, 7) is 0.368. The van der Waals surface area contributed by atoms with Crippen LogP contribution in [0.5, 0.6) is 0 Å². The van der Waals surface area contributed by atoms with Gasteiger partial charge in [0.25, 0.3) is 5.91 Å². The van der Waals surface area contributed by atoms with Crippen molar-refractivity contribution in [3.63, 3.8) is 0 Å². The second kappa shape index (κ2) is 7.67. The molecule has 0 spiro atoms. The van der Waals surface area contributed by atoms with Crippen molar-refractivity contribution in [3.05, 3.63) is 63.0 Å². The topological polar surface area (TPSA) is 81.5 Å². The van der Waals surface area contributed by atoms with Crippen molar-refractivity contribution in [2.24, 2.45) is 0 Å². The van der Waals surface area contributed by atoms with Gasteiger partial charge in [-0.2, -0.15) is 0 Å². The van der Waals surface area contributed by atoms with E-state index in [1.807, 2.05) is 30.3 Å². The molecule has 22 heavy (non-hydrogen) atoms. The molecule has 0 aliphatic rings. The van der Waals surface area contributed by atoms with Gasteiger partial charge >= 0.3 is 5.00 Å². The fourth-order valence-corrected chi connectivity index (χ4v) is 2.76. The van der Waals surface area contributed by atoms with Gasteiger partial charge in [-0.1, -0.05) is 41.7 Å². The monoisotopic (exact) mass is 320 g/mol. The molecule has 0 saturated heterocycles. The molecular formula is C15H16N2O4S. The summed E-state index contributed by atoms with van der Waals surface area (Å²) in [6, 6.07) is 10.8. The second-order valence-electron chi connectivity index (χ2n) is 4.75. The van der Waals surface area contributed by atoms with Crippen LogP contribution in [0.15, 0.2) is 41.8 Å². The molecule has 116 valence electrons. The largest absolute Gasteiger partial charge is 0.383 e. The van der Waals surface area contributed by atoms with Crippen LogP contribution in [0.1, 0.15) is 15.9 Å². The summed E-state index contributed by atoms with van der Waals surface area (Å²) in [5.41, 5.74) is 1.38. The minimum atomic E-state index is -0.502. The van der Waals surface area contributed by atoms with Gasteiger partial charge in [0.05, 0.1) is 23.1 Å². The number of methoxy groups -OCH3 is 1. The number of carbonyl (C=O) groups excluding carboxylic acids is 1. The summed E-state index contributed by atoms with van der Waals surface area (Å²) >= 11 is 0.939. The number of thiophene rings is 1. The Labute approximate surface area is 131 Å². The van der Waals surface area contributed by atoms with Crippen molar-refractivity contribution < 1.29 is 14.5 Å². The van der Waals surface area contributed by atoms with Crippen LogP contribution in [-0.2, 0) is 11.2 Å². The van der Waals surface area contributed by atoms with Gasteiger partial charge in [0.1, 0.15) is 0 Å². The minimum Gasteiger partial charge on any atom is -0.383 e. The molecule has 2 rings (SSSR count). The first kappa shape index (κ1) is 16.1. The van der Waals surface area contributed by atoms with Gasteiger partial charge in [0, 0.05) is 18.6 Å². The highest BCUT2D eigenvalue weighted by molar-refractivity contribution is 7.13. The highest BCUT2D eigenvalue weighted by Gasteiger charge is 2.18. The first-order valence-electron chi connectivity index (χ1n) is 6.67. The number of rotatable bonds is 7. The molecule has 1 aromatic heterocycles. The Morgan fingerprint density at radius 3 is 2.73 bits per heavy atom. The molecule has 1 amide bonds. The Morgan fingerprint density at radius 1 is 1.41 bits per heavy atom. The molecule has 1 unspecified atom stereocenters. The van der Waals surface area contributed by atoms with Gasteiger partial charge in [-0.15, -0.1) is 0 Å². The summed E-state index contributed by atoms with van der Waals surface area (Å²) in [5, 5.41) is 15.0. The third-order valence-corrected chi connectivity index (χ3v) is 3.94. The molecule has 2 aromatic rings. The van der Waals surface area contributed by atoms with Crippen molar-refractivity contribution in [1.82, 2.24) is 5.32 Å². The maximum Gasteiger partial charge on any atom is 0.324 e. The van der Waals surface area contributed by atoms with Crippen molar-refractivity contribution in [2.45, 2.75) is 12.5 Å². The van der Waals surface area contributed by atoms with E-state index in [-0.39, 0.29) is 17.0 Å². The normalized spacial score (nSPS) is 11.9. The number of nitro groups is 1. The summed E-state index contributed by atoms with van der Waals surface area (Å²) in [4.78, 5) is 22.3. The van der Waals surface area contributed by atoms with Crippen LogP contribution in [0.3, 0.4) is 0 Å². The van der Waals surface area contributed by atoms with Crippen LogP contribution >= 0.6 is 11.3 Å². The first-order chi connectivity index (χ1) is 10.6. The first-order valence-corrected chi connectivity index (χ1v) is 7.54. The van der Waals surface area contributed by atoms with Gasteiger partial charge in [0.2, 0.25) is 0 Å². The highest BCUT2D eigenvalue weighted by atomic mass is 32.1. The lowest BCUT2D eigenvalue weighted by Crippen LogP contribution is -2.39. The van der Waals surface area contributed by atoms with E-state index in [2.05, 4.69) is 5.32 Å². The third-order valence-electron chi connectivity index (χ3n) is 3.06. The molecule has 0 radical (unpaired) electrons. The van der Waals surface area contributed by atoms with Crippen molar-refractivity contribution >= 4 is 22.2 Å². The number of amides is 1. The molecule has 1 atom stereocenters. The minimum absolute atomic E-state index is 0.0449. The lowest BCUT2D eigenvalue weighted by molar-refractivity contribution is -0.380. The fraction of sp³-hybridized carbons (Fsp3) is 0.267. The SMILES string of the molecule is COCC(Cc1ccccc1)NC(=O)c1csc([N+](=O)[O-])c1. The van der Waals surface area contributed by atoms with Crippen molar-refractivity contribution in [3.8, 4) is 0 Å². The predicted octanol–water partition coefficient (Wildman–Crippen LogP) is 2.64. The van der Waals surface area contributed by atoms with Gasteiger partial charge in [-0.05, 0) is 12.0 Å². The van der Waals surface area contributed by atoms with E-state index >= 15 is 0 Å². The summed E-state index contributed by atoms with van der Waals surface area (Å²) < 4.78 is 5.14. The van der Waals surface area contributed by atoms with Gasteiger partial charge in [-0.25, -0.2) is 0 Å². The second-order valence-corrected chi connectivity index (χ2v) is 5.64. The molecular weight excluding hydrogens is 304 g/mol. The van der Waals surface area contributed by atoms with Crippen LogP contribution < -0.4 is 5.32 Å². The maximum absolute atomic E-state index is 12.2. The predicted molar refractivity (Wildman–Crippen MR) is 84.2 cm³/mol. The Bertz CT molecular complexity index is 642. The van der Waals surface area contributed by atoms with Crippen LogP contribution in [0, 0.1) is 10.1 Å². The molecule has 0 aliphatic heterocycles. The number of hydrogen-bond acceptors (Lipinski definition) is 5. The zero-order valence-corrected chi connectivity index (χ0v) is 12.8. The zero-order valence-electron chi connectivity index (χ0n) is 12.0. The average molecular weight is 320 g/mol. The van der Waals surface area contributed by atoms with E-state index in [1.54, 1.807) is 7.11 Å². The van der Waals surface area contributed by atoms with Crippen LogP contribution in [0.25, 0.3) is 0 Å². The lowest BCUT2D eigenvalue weighted by Gasteiger charge is -2.17. The highest BCUT2D eigenvalue weighted by Crippen LogP contribution is 2.22. The van der Waals surface area contributed by atoms with Crippen molar-refractivity contribution in [1.29, 1.82) is 0 Å². The fourth-order valence-electron chi connectivity index (χ4n) is 2.06. The molecule has 0 fully saturated rings. The third kappa shape index (κ3) is 4.37. The van der Waals surface area contributed by atoms with Crippen LogP contribution in [0.4, 0.5) is 5.00 Å². The Kier molecular flexibility index (Phi) is 5.62. The van der Waals surface area contributed by atoms with E-state index in [0.29, 0.717) is 18.6 Å². The summed E-state index contributed by atoms with van der Waals surface area (Å²) in [6.07, 6.45) is 0.632. The van der Waals surface area contributed by atoms with Crippen molar-refractivity contribution in [2.75, 3.05) is 13.7 Å². The van der Waals surface area contributed by atoms with Crippen LogP contribution in [-0.4, -0.2) is 30.6 Å². The number of hydrogen-bond donors (Lipinski definition) is 1. The van der Waals surface area contributed by atoms with E-state index in [1.165, 1.54) is 11.4 Å². The number of nitrogens with one attached hydrogen (secondary N) is 1. The quantitative estimate of drug-likeness (QED) is 0.628. The standard InChI is InChI=1S/C15H16N2O4S/c1-21-9-13(7-11-5-3-2-4-6-11)16-15(18)12-8-14(17(19)20)22-10-12/h2-6,8,10,13H,7,9H2,1H3,(H,16,18). The number of benzene rings is 1. The molecule has 1 aromatic carbocycles. The number of ether oxygens (including phenoxy) is 1. The Morgan fingerprint density at radius 2 is 2.14 bits per heavy atom. The number of nitrogens with zero attached hydrogens (tertiary/aromatic N) is 1. The Balaban J connectivity index is 2.03. The Hall–Kier alpha value is -2.25. The maximum atomic E-state index is 12.2. The summed E-state index contributed by atoms with van der Waals surface area (Å²) in [7, 11) is 1.57. The molecule has 0 aliphatic carbocycles. The molecule has 0 bridgehead atoms. The summed E-state index contributed by atoms with van der Waals surface area (Å²) in [5.74, 6) is -0.331. The molecule has 0 saturated carbocycles. The van der Waals surface area contributed by atoms with Crippen LogP contribution in [0.2, 0.25) is 0 Å². The van der Waals surface area contributed by atoms with E-state index in [9.17, 15) is 14.9 Å². The van der Waals surface area contributed by atoms with Gasteiger partial charge < -0.3 is 10.1 Å². The van der Waals surface area contributed by atoms with Gasteiger partial charge in [-0.3, -0.25) is 14.9 Å². The van der Waals surface area contributed by atoms with E-state index in [0.717, 1.165) is 16.9 Å². The van der Waals surface area contributed by atoms with E-state index in [4.69, 9.17) is 4.74 Å².